The van der Waals surface area contributed by atoms with Gasteiger partial charge in [0.25, 0.3) is 5.91 Å². The van der Waals surface area contributed by atoms with Gasteiger partial charge in [-0.25, -0.2) is 0 Å². The van der Waals surface area contributed by atoms with E-state index < -0.39 is 0 Å². The zero-order chi connectivity index (χ0) is 22.3. The number of nitrogens with one attached hydrogen (secondary N) is 1. The Morgan fingerprint density at radius 3 is 2.70 bits per heavy atom. The van der Waals surface area contributed by atoms with Crippen LogP contribution in [0.25, 0.3) is 11.3 Å². The molecule has 1 saturated heterocycles. The molecule has 0 aliphatic carbocycles. The van der Waals surface area contributed by atoms with Crippen molar-refractivity contribution in [2.75, 3.05) is 51.9 Å². The van der Waals surface area contributed by atoms with Crippen molar-refractivity contribution in [2.45, 2.75) is 0 Å². The molecular weight excluding hydrogens is 424 g/mol. The number of morpholine rings is 1. The Bertz CT molecular complexity index is 1060. The smallest absolute Gasteiger partial charge is 0.255 e. The summed E-state index contributed by atoms with van der Waals surface area (Å²) in [6.45, 7) is 4.78. The lowest BCUT2D eigenvalue weighted by molar-refractivity contribution is 0.0323. The van der Waals surface area contributed by atoms with Gasteiger partial charge in [-0.3, -0.25) is 14.4 Å². The lowest BCUT2D eigenvalue weighted by Gasteiger charge is -2.26. The third-order valence-corrected chi connectivity index (χ3v) is 5.44. The molecule has 1 amide bonds. The minimum atomic E-state index is -0.208. The number of carbonyl (C=O) groups is 1. The Balaban J connectivity index is 0.00000306. The molecule has 1 aromatic heterocycles. The first-order valence-corrected chi connectivity index (χ1v) is 10.6. The highest BCUT2D eigenvalue weighted by molar-refractivity contribution is 6.04. The molecule has 0 spiro atoms. The molecule has 3 aromatic rings. The maximum absolute atomic E-state index is 12.7. The number of nitrogens with zero attached hydrogens (tertiary/aromatic N) is 3. The number of aromatic nitrogens is 2. The van der Waals surface area contributed by atoms with E-state index >= 15 is 0 Å². The van der Waals surface area contributed by atoms with Crippen LogP contribution in [0.5, 0.6) is 11.5 Å². The number of carbonyl (C=O) groups excluding carboxylic acids is 1. The first-order valence-electron chi connectivity index (χ1n) is 10.6. The SMILES string of the molecule is COc1cccc(C(=O)Nc2ccc(OCCN3CCOCC3)c(-c3ccnn3C)c2)c1.O. The maximum atomic E-state index is 12.7. The number of amides is 1. The molecule has 33 heavy (non-hydrogen) atoms. The van der Waals surface area contributed by atoms with Gasteiger partial charge in [0.05, 0.1) is 26.0 Å². The van der Waals surface area contributed by atoms with Crippen LogP contribution in [0.4, 0.5) is 5.69 Å². The van der Waals surface area contributed by atoms with Gasteiger partial charge in [-0.15, -0.1) is 0 Å². The molecule has 0 radical (unpaired) electrons. The van der Waals surface area contributed by atoms with Crippen LogP contribution in [-0.2, 0) is 11.8 Å². The van der Waals surface area contributed by atoms with Gasteiger partial charge >= 0.3 is 0 Å². The standard InChI is InChI=1S/C24H28N4O4.H2O/c1-27-22(8-9-25-27)21-17-19(26-24(29)18-4-3-5-20(16-18)30-2)6-7-23(21)32-15-12-28-10-13-31-14-11-28;/h3-9,16-17H,10-15H2,1-2H3,(H,26,29);1H2. The van der Waals surface area contributed by atoms with Gasteiger partial charge in [0.15, 0.2) is 0 Å². The van der Waals surface area contributed by atoms with Crippen LogP contribution >= 0.6 is 0 Å². The topological polar surface area (TPSA) is 109 Å². The number of hydrogen-bond donors (Lipinski definition) is 1. The number of ether oxygens (including phenoxy) is 3. The summed E-state index contributed by atoms with van der Waals surface area (Å²) < 4.78 is 18.5. The highest BCUT2D eigenvalue weighted by Crippen LogP contribution is 2.32. The van der Waals surface area contributed by atoms with Crippen molar-refractivity contribution in [1.29, 1.82) is 0 Å². The summed E-state index contributed by atoms with van der Waals surface area (Å²) in [5.74, 6) is 1.18. The molecule has 3 N–H and O–H groups in total. The molecule has 1 fully saturated rings. The van der Waals surface area contributed by atoms with E-state index in [2.05, 4.69) is 15.3 Å². The quantitative estimate of drug-likeness (QED) is 0.559. The number of aryl methyl sites for hydroxylation is 1. The van der Waals surface area contributed by atoms with Crippen molar-refractivity contribution >= 4 is 11.6 Å². The molecule has 0 bridgehead atoms. The van der Waals surface area contributed by atoms with E-state index in [0.717, 1.165) is 49.9 Å². The van der Waals surface area contributed by atoms with Gasteiger partial charge in [0.1, 0.15) is 18.1 Å². The van der Waals surface area contributed by atoms with Crippen LogP contribution in [0.15, 0.2) is 54.7 Å². The summed E-state index contributed by atoms with van der Waals surface area (Å²) >= 11 is 0. The number of benzene rings is 2. The van der Waals surface area contributed by atoms with Crippen molar-refractivity contribution in [1.82, 2.24) is 14.7 Å². The third kappa shape index (κ3) is 6.10. The Labute approximate surface area is 193 Å². The highest BCUT2D eigenvalue weighted by atomic mass is 16.5. The Kier molecular flexibility index (Phi) is 8.42. The molecule has 176 valence electrons. The van der Waals surface area contributed by atoms with E-state index in [0.29, 0.717) is 23.6 Å². The van der Waals surface area contributed by atoms with E-state index in [1.807, 2.05) is 31.3 Å². The first kappa shape index (κ1) is 24.2. The monoisotopic (exact) mass is 454 g/mol. The van der Waals surface area contributed by atoms with Crippen LogP contribution in [-0.4, -0.2) is 72.6 Å². The van der Waals surface area contributed by atoms with Crippen LogP contribution in [0.1, 0.15) is 10.4 Å². The summed E-state index contributed by atoms with van der Waals surface area (Å²) in [4.78, 5) is 15.1. The molecule has 4 rings (SSSR count). The molecule has 0 atom stereocenters. The normalized spacial score (nSPS) is 13.8. The lowest BCUT2D eigenvalue weighted by Crippen LogP contribution is -2.38. The minimum absolute atomic E-state index is 0. The fraction of sp³-hybridized carbons (Fsp3) is 0.333. The summed E-state index contributed by atoms with van der Waals surface area (Å²) in [6, 6.07) is 14.6. The Hall–Kier alpha value is -3.40. The fourth-order valence-electron chi connectivity index (χ4n) is 3.65. The van der Waals surface area contributed by atoms with Crippen LogP contribution in [0.3, 0.4) is 0 Å². The second-order valence-electron chi connectivity index (χ2n) is 7.54. The largest absolute Gasteiger partial charge is 0.497 e. The number of hydrogen-bond acceptors (Lipinski definition) is 6. The average molecular weight is 455 g/mol. The van der Waals surface area contributed by atoms with Crippen molar-refractivity contribution in [3.05, 3.63) is 60.3 Å². The van der Waals surface area contributed by atoms with E-state index in [1.165, 1.54) is 0 Å². The summed E-state index contributed by atoms with van der Waals surface area (Å²) in [5, 5.41) is 7.25. The molecule has 1 aliphatic rings. The van der Waals surface area contributed by atoms with Crippen molar-refractivity contribution in [3.8, 4) is 22.8 Å². The molecular formula is C24H30N4O5. The predicted octanol–water partition coefficient (Wildman–Crippen LogP) is 2.23. The molecule has 9 heteroatoms. The number of anilines is 1. The van der Waals surface area contributed by atoms with Gasteiger partial charge in [-0.2, -0.15) is 5.10 Å². The van der Waals surface area contributed by atoms with E-state index in [-0.39, 0.29) is 11.4 Å². The molecule has 0 saturated carbocycles. The maximum Gasteiger partial charge on any atom is 0.255 e. The third-order valence-electron chi connectivity index (χ3n) is 5.44. The lowest BCUT2D eigenvalue weighted by atomic mass is 10.1. The number of rotatable bonds is 8. The molecule has 0 unspecified atom stereocenters. The summed E-state index contributed by atoms with van der Waals surface area (Å²) in [5.41, 5.74) is 2.98. The average Bonchev–Trinajstić information content (AvgIpc) is 3.26. The second kappa shape index (κ2) is 11.5. The van der Waals surface area contributed by atoms with Gasteiger partial charge in [-0.05, 0) is 42.5 Å². The van der Waals surface area contributed by atoms with Crippen LogP contribution in [0.2, 0.25) is 0 Å². The van der Waals surface area contributed by atoms with E-state index in [9.17, 15) is 4.79 Å². The van der Waals surface area contributed by atoms with Crippen molar-refractivity contribution in [2.24, 2.45) is 7.05 Å². The van der Waals surface area contributed by atoms with Crippen LogP contribution < -0.4 is 14.8 Å². The summed E-state index contributed by atoms with van der Waals surface area (Å²) in [7, 11) is 3.46. The predicted molar refractivity (Wildman–Crippen MR) is 126 cm³/mol. The van der Waals surface area contributed by atoms with Gasteiger partial charge in [0.2, 0.25) is 0 Å². The fourth-order valence-corrected chi connectivity index (χ4v) is 3.65. The molecule has 2 heterocycles. The zero-order valence-corrected chi connectivity index (χ0v) is 18.9. The highest BCUT2D eigenvalue weighted by Gasteiger charge is 2.15. The van der Waals surface area contributed by atoms with Crippen molar-refractivity contribution < 1.29 is 24.5 Å². The van der Waals surface area contributed by atoms with E-state index in [4.69, 9.17) is 14.2 Å². The van der Waals surface area contributed by atoms with Gasteiger partial charge < -0.3 is 25.0 Å². The molecule has 9 nitrogen and oxygen atoms in total. The Morgan fingerprint density at radius 2 is 1.97 bits per heavy atom. The summed E-state index contributed by atoms with van der Waals surface area (Å²) in [6.07, 6.45) is 1.74. The van der Waals surface area contributed by atoms with Gasteiger partial charge in [0, 0.05) is 49.7 Å². The molecule has 2 aromatic carbocycles. The number of methoxy groups -OCH3 is 1. The van der Waals surface area contributed by atoms with Crippen molar-refractivity contribution in [3.63, 3.8) is 0 Å². The van der Waals surface area contributed by atoms with E-state index in [1.54, 1.807) is 42.3 Å². The Morgan fingerprint density at radius 1 is 1.15 bits per heavy atom. The zero-order valence-electron chi connectivity index (χ0n) is 18.9. The van der Waals surface area contributed by atoms with Gasteiger partial charge in [-0.1, -0.05) is 6.07 Å². The second-order valence-corrected chi connectivity index (χ2v) is 7.54. The van der Waals surface area contributed by atoms with Crippen LogP contribution in [0, 0.1) is 0 Å². The minimum Gasteiger partial charge on any atom is -0.497 e. The first-order chi connectivity index (χ1) is 15.6. The molecule has 1 aliphatic heterocycles.